The first-order valence-corrected chi connectivity index (χ1v) is 8.28. The molecular formula is C19H19FN4O2. The molecule has 26 heavy (non-hydrogen) atoms. The maximum absolute atomic E-state index is 13.8. The smallest absolute Gasteiger partial charge is 0.153 e. The number of halogens is 1. The molecular weight excluding hydrogens is 335 g/mol. The number of hydrogen-bond donors (Lipinski definition) is 2. The summed E-state index contributed by atoms with van der Waals surface area (Å²) in [7, 11) is 0. The first-order valence-electron chi connectivity index (χ1n) is 8.28. The standard InChI is InChI=1S/C19H19FN4O2/c1-11-5-13(21)7-15-17(11)18(23-10-22-15)24-14-4-3-12(20)6-16(14)26-19(2)8-25-9-19/h3-7,10H,8-9,21H2,1-2H3,(H,22,23,24). The van der Waals surface area contributed by atoms with Crippen molar-refractivity contribution in [1.82, 2.24) is 9.97 Å². The maximum atomic E-state index is 13.8. The number of nitrogens with one attached hydrogen (secondary N) is 1. The van der Waals surface area contributed by atoms with Crippen LogP contribution in [-0.4, -0.2) is 28.8 Å². The van der Waals surface area contributed by atoms with Crippen molar-refractivity contribution >= 4 is 28.1 Å². The van der Waals surface area contributed by atoms with Gasteiger partial charge >= 0.3 is 0 Å². The van der Waals surface area contributed by atoms with E-state index in [4.69, 9.17) is 15.2 Å². The van der Waals surface area contributed by atoms with Crippen LogP contribution in [-0.2, 0) is 4.74 Å². The minimum Gasteiger partial charge on any atom is -0.480 e. The zero-order valence-corrected chi connectivity index (χ0v) is 14.5. The third-order valence-electron chi connectivity index (χ3n) is 4.33. The maximum Gasteiger partial charge on any atom is 0.153 e. The number of nitrogen functional groups attached to an aromatic ring is 1. The van der Waals surface area contributed by atoms with E-state index in [1.165, 1.54) is 18.5 Å². The van der Waals surface area contributed by atoms with Crippen molar-refractivity contribution < 1.29 is 13.9 Å². The summed E-state index contributed by atoms with van der Waals surface area (Å²) in [4.78, 5) is 8.63. The van der Waals surface area contributed by atoms with Gasteiger partial charge in [0.05, 0.1) is 24.4 Å². The molecule has 2 heterocycles. The highest BCUT2D eigenvalue weighted by molar-refractivity contribution is 5.95. The van der Waals surface area contributed by atoms with Crippen LogP contribution in [0.4, 0.5) is 21.6 Å². The first kappa shape index (κ1) is 16.5. The molecule has 1 fully saturated rings. The molecule has 0 unspecified atom stereocenters. The number of nitrogens with two attached hydrogens (primary N) is 1. The molecule has 1 aromatic heterocycles. The van der Waals surface area contributed by atoms with Gasteiger partial charge in [-0.05, 0) is 43.7 Å². The van der Waals surface area contributed by atoms with E-state index in [1.807, 2.05) is 19.9 Å². The molecule has 0 radical (unpaired) electrons. The molecule has 0 atom stereocenters. The van der Waals surface area contributed by atoms with Gasteiger partial charge in [-0.2, -0.15) is 0 Å². The molecule has 1 aliphatic rings. The Hall–Kier alpha value is -2.93. The normalized spacial score (nSPS) is 15.5. The molecule has 3 N–H and O–H groups in total. The van der Waals surface area contributed by atoms with Crippen molar-refractivity contribution in [2.24, 2.45) is 0 Å². The van der Waals surface area contributed by atoms with E-state index in [0.29, 0.717) is 36.2 Å². The number of rotatable bonds is 4. The van der Waals surface area contributed by atoms with Crippen LogP contribution in [0.15, 0.2) is 36.7 Å². The van der Waals surface area contributed by atoms with Gasteiger partial charge in [0.25, 0.3) is 0 Å². The molecule has 7 heteroatoms. The zero-order valence-electron chi connectivity index (χ0n) is 14.5. The van der Waals surface area contributed by atoms with Crippen LogP contribution in [0.3, 0.4) is 0 Å². The molecule has 2 aromatic carbocycles. The van der Waals surface area contributed by atoms with Crippen LogP contribution >= 0.6 is 0 Å². The van der Waals surface area contributed by atoms with Crippen LogP contribution < -0.4 is 15.8 Å². The molecule has 134 valence electrons. The van der Waals surface area contributed by atoms with Gasteiger partial charge in [-0.25, -0.2) is 14.4 Å². The number of fused-ring (bicyclic) bond motifs is 1. The largest absolute Gasteiger partial charge is 0.480 e. The Morgan fingerprint density at radius 1 is 1.23 bits per heavy atom. The number of ether oxygens (including phenoxy) is 2. The van der Waals surface area contributed by atoms with E-state index in [2.05, 4.69) is 15.3 Å². The summed E-state index contributed by atoms with van der Waals surface area (Å²) in [5.74, 6) is 0.653. The van der Waals surface area contributed by atoms with Crippen LogP contribution in [0.1, 0.15) is 12.5 Å². The summed E-state index contributed by atoms with van der Waals surface area (Å²) in [6.45, 7) is 4.82. The monoisotopic (exact) mass is 354 g/mol. The molecule has 0 aliphatic carbocycles. The molecule has 3 aromatic rings. The first-order chi connectivity index (χ1) is 12.4. The molecule has 1 aliphatic heterocycles. The van der Waals surface area contributed by atoms with E-state index in [1.54, 1.807) is 12.1 Å². The Kier molecular flexibility index (Phi) is 3.88. The van der Waals surface area contributed by atoms with Crippen molar-refractivity contribution in [1.29, 1.82) is 0 Å². The fraction of sp³-hybridized carbons (Fsp3) is 0.263. The van der Waals surface area contributed by atoms with Crippen molar-refractivity contribution in [3.63, 3.8) is 0 Å². The Balaban J connectivity index is 1.75. The SMILES string of the molecule is Cc1cc(N)cc2ncnc(Nc3ccc(F)cc3OC3(C)COC3)c12. The number of nitrogens with zero attached hydrogens (tertiary/aromatic N) is 2. The summed E-state index contributed by atoms with van der Waals surface area (Å²) in [6.07, 6.45) is 1.47. The molecule has 4 rings (SSSR count). The number of benzene rings is 2. The summed E-state index contributed by atoms with van der Waals surface area (Å²) in [6, 6.07) is 8.03. The van der Waals surface area contributed by atoms with E-state index >= 15 is 0 Å². The zero-order chi connectivity index (χ0) is 18.3. The van der Waals surface area contributed by atoms with E-state index in [0.717, 1.165) is 16.5 Å². The highest BCUT2D eigenvalue weighted by Gasteiger charge is 2.36. The van der Waals surface area contributed by atoms with Gasteiger partial charge in [-0.1, -0.05) is 0 Å². The highest BCUT2D eigenvalue weighted by atomic mass is 19.1. The van der Waals surface area contributed by atoms with Crippen molar-refractivity contribution in [2.45, 2.75) is 19.4 Å². The van der Waals surface area contributed by atoms with E-state index < -0.39 is 5.60 Å². The molecule has 6 nitrogen and oxygen atoms in total. The Bertz CT molecular complexity index is 989. The molecule has 0 amide bonds. The summed E-state index contributed by atoms with van der Waals surface area (Å²) in [5.41, 5.74) is 8.40. The average Bonchev–Trinajstić information content (AvgIpc) is 2.55. The number of hydrogen-bond acceptors (Lipinski definition) is 6. The molecule has 1 saturated heterocycles. The quantitative estimate of drug-likeness (QED) is 0.697. The van der Waals surface area contributed by atoms with Gasteiger partial charge in [0.2, 0.25) is 0 Å². The van der Waals surface area contributed by atoms with Gasteiger partial charge in [0, 0.05) is 17.1 Å². The average molecular weight is 354 g/mol. The van der Waals surface area contributed by atoms with E-state index in [-0.39, 0.29) is 5.82 Å². The predicted octanol–water partition coefficient (Wildman–Crippen LogP) is 3.57. The summed E-state index contributed by atoms with van der Waals surface area (Å²) < 4.78 is 25.0. The second-order valence-corrected chi connectivity index (χ2v) is 6.76. The summed E-state index contributed by atoms with van der Waals surface area (Å²) in [5, 5.41) is 4.11. The van der Waals surface area contributed by atoms with Crippen molar-refractivity contribution in [2.75, 3.05) is 24.3 Å². The fourth-order valence-electron chi connectivity index (χ4n) is 3.04. The lowest BCUT2D eigenvalue weighted by Crippen LogP contribution is -2.51. The van der Waals surface area contributed by atoms with E-state index in [9.17, 15) is 4.39 Å². The third-order valence-corrected chi connectivity index (χ3v) is 4.33. The minimum absolute atomic E-state index is 0.370. The van der Waals surface area contributed by atoms with Crippen LogP contribution in [0, 0.1) is 12.7 Å². The number of aromatic nitrogens is 2. The molecule has 0 spiro atoms. The van der Waals surface area contributed by atoms with Crippen molar-refractivity contribution in [3.05, 3.63) is 48.0 Å². The van der Waals surface area contributed by atoms with Gasteiger partial charge in [-0.15, -0.1) is 0 Å². The number of aryl methyl sites for hydroxylation is 1. The lowest BCUT2D eigenvalue weighted by molar-refractivity contribution is -0.149. The number of anilines is 3. The Morgan fingerprint density at radius 3 is 2.77 bits per heavy atom. The second kappa shape index (κ2) is 6.10. The molecule has 0 bridgehead atoms. The van der Waals surface area contributed by atoms with Gasteiger partial charge < -0.3 is 20.5 Å². The third kappa shape index (κ3) is 3.01. The van der Waals surface area contributed by atoms with Gasteiger partial charge in [0.1, 0.15) is 23.7 Å². The van der Waals surface area contributed by atoms with Gasteiger partial charge in [-0.3, -0.25) is 0 Å². The topological polar surface area (TPSA) is 82.3 Å². The predicted molar refractivity (Wildman–Crippen MR) is 98.2 cm³/mol. The van der Waals surface area contributed by atoms with Gasteiger partial charge in [0.15, 0.2) is 5.60 Å². The lowest BCUT2D eigenvalue weighted by Gasteiger charge is -2.38. The molecule has 0 saturated carbocycles. The highest BCUT2D eigenvalue weighted by Crippen LogP contribution is 2.35. The minimum atomic E-state index is -0.456. The fourth-order valence-corrected chi connectivity index (χ4v) is 3.04. The van der Waals surface area contributed by atoms with Crippen molar-refractivity contribution in [3.8, 4) is 5.75 Å². The Labute approximate surface area is 150 Å². The Morgan fingerprint density at radius 2 is 2.04 bits per heavy atom. The van der Waals surface area contributed by atoms with Crippen LogP contribution in [0.25, 0.3) is 10.9 Å². The van der Waals surface area contributed by atoms with Crippen LogP contribution in [0.5, 0.6) is 5.75 Å². The van der Waals surface area contributed by atoms with Crippen LogP contribution in [0.2, 0.25) is 0 Å². The second-order valence-electron chi connectivity index (χ2n) is 6.76. The summed E-state index contributed by atoms with van der Waals surface area (Å²) >= 11 is 0. The lowest BCUT2D eigenvalue weighted by atomic mass is 10.1.